The predicted molar refractivity (Wildman–Crippen MR) is 168 cm³/mol. The molecule has 0 saturated carbocycles. The number of hydrogen-bond acceptors (Lipinski definition) is 0. The lowest BCUT2D eigenvalue weighted by atomic mass is 9.94. The Labute approximate surface area is 230 Å². The first-order chi connectivity index (χ1) is 17.8. The van der Waals surface area contributed by atoms with Gasteiger partial charge in [-0.05, 0) is 39.0 Å². The average molecular weight is 503 g/mol. The van der Waals surface area contributed by atoms with Crippen LogP contribution in [0.1, 0.15) is 207 Å². The molecular formula is C36H70. The van der Waals surface area contributed by atoms with E-state index in [2.05, 4.69) is 33.4 Å². The first-order valence-corrected chi connectivity index (χ1v) is 17.0. The molecule has 0 aromatic heterocycles. The highest BCUT2D eigenvalue weighted by atomic mass is 14.1. The summed E-state index contributed by atoms with van der Waals surface area (Å²) in [4.78, 5) is 0. The van der Waals surface area contributed by atoms with Crippen molar-refractivity contribution in [3.05, 3.63) is 23.8 Å². The summed E-state index contributed by atoms with van der Waals surface area (Å²) in [5.74, 6) is 0. The van der Waals surface area contributed by atoms with Gasteiger partial charge in [0.05, 0.1) is 0 Å². The van der Waals surface area contributed by atoms with Crippen LogP contribution in [-0.2, 0) is 0 Å². The first-order valence-electron chi connectivity index (χ1n) is 17.0. The molecule has 0 aliphatic rings. The molecule has 36 heavy (non-hydrogen) atoms. The normalized spacial score (nSPS) is 12.2. The van der Waals surface area contributed by atoms with Crippen LogP contribution in [0.25, 0.3) is 0 Å². The Hall–Kier alpha value is -0.520. The van der Waals surface area contributed by atoms with Crippen LogP contribution in [0, 0.1) is 0 Å². The molecule has 0 aliphatic carbocycles. The van der Waals surface area contributed by atoms with Crippen molar-refractivity contribution in [3.63, 3.8) is 0 Å². The maximum Gasteiger partial charge on any atom is -0.0142 e. The van der Waals surface area contributed by atoms with Gasteiger partial charge < -0.3 is 0 Å². The Morgan fingerprint density at radius 3 is 0.917 bits per heavy atom. The van der Waals surface area contributed by atoms with E-state index in [1.165, 1.54) is 180 Å². The van der Waals surface area contributed by atoms with E-state index in [4.69, 9.17) is 0 Å². The maximum atomic E-state index is 3.99. The van der Waals surface area contributed by atoms with E-state index in [0.29, 0.717) is 0 Å². The Morgan fingerprint density at radius 1 is 0.417 bits per heavy atom. The van der Waals surface area contributed by atoms with Crippen LogP contribution < -0.4 is 0 Å². The highest BCUT2D eigenvalue weighted by Crippen LogP contribution is 2.23. The second-order valence-corrected chi connectivity index (χ2v) is 11.9. The summed E-state index contributed by atoms with van der Waals surface area (Å²) >= 11 is 0. The molecule has 0 heterocycles. The number of hydrogen-bond donors (Lipinski definition) is 0. The van der Waals surface area contributed by atoms with Crippen LogP contribution in [0.5, 0.6) is 0 Å². The van der Waals surface area contributed by atoms with Gasteiger partial charge in [-0.15, -0.1) is 6.58 Å². The predicted octanol–water partition coefficient (Wildman–Crippen LogP) is 13.8. The van der Waals surface area contributed by atoms with Gasteiger partial charge in [0.2, 0.25) is 0 Å². The summed E-state index contributed by atoms with van der Waals surface area (Å²) in [6.45, 7) is 11.0. The quantitative estimate of drug-likeness (QED) is 0.0676. The number of rotatable bonds is 30. The molecule has 0 aliphatic heterocycles. The molecule has 0 rings (SSSR count). The molecular weight excluding hydrogens is 432 g/mol. The maximum absolute atomic E-state index is 3.99. The molecule has 0 aromatic carbocycles. The Kier molecular flexibility index (Phi) is 30.3. The van der Waals surface area contributed by atoms with Crippen LogP contribution >= 0.6 is 0 Å². The average Bonchev–Trinajstić information content (AvgIpc) is 2.88. The largest absolute Gasteiger partial charge is 0.103 e. The minimum Gasteiger partial charge on any atom is -0.103 e. The summed E-state index contributed by atoms with van der Waals surface area (Å²) < 4.78 is 0. The third-order valence-electron chi connectivity index (χ3n) is 8.22. The zero-order valence-electron chi connectivity index (χ0n) is 25.8. The summed E-state index contributed by atoms with van der Waals surface area (Å²) in [6, 6.07) is 0. The first kappa shape index (κ1) is 35.5. The van der Waals surface area contributed by atoms with Crippen LogP contribution in [-0.4, -0.2) is 0 Å². The van der Waals surface area contributed by atoms with Gasteiger partial charge in [0.25, 0.3) is 0 Å². The molecule has 0 heteroatoms. The molecule has 0 N–H and O–H groups in total. The monoisotopic (exact) mass is 503 g/mol. The molecule has 0 bridgehead atoms. The highest BCUT2D eigenvalue weighted by Gasteiger charge is 2.04. The molecule has 0 saturated heterocycles. The lowest BCUT2D eigenvalue weighted by molar-refractivity contribution is 0.528. The molecule has 0 radical (unpaired) electrons. The third-order valence-corrected chi connectivity index (χ3v) is 8.22. The molecule has 0 fully saturated rings. The summed E-state index contributed by atoms with van der Waals surface area (Å²) in [5, 5.41) is 0. The van der Waals surface area contributed by atoms with E-state index in [0.717, 1.165) is 6.42 Å². The molecule has 0 amide bonds. The minimum atomic E-state index is 1.09. The summed E-state index contributed by atoms with van der Waals surface area (Å²) in [6.07, 6.45) is 43.5. The van der Waals surface area contributed by atoms with Gasteiger partial charge in [0.15, 0.2) is 0 Å². The van der Waals surface area contributed by atoms with E-state index in [9.17, 15) is 0 Å². The van der Waals surface area contributed by atoms with Crippen molar-refractivity contribution >= 4 is 0 Å². The van der Waals surface area contributed by atoms with E-state index in [1.54, 1.807) is 11.1 Å². The van der Waals surface area contributed by atoms with E-state index >= 15 is 0 Å². The van der Waals surface area contributed by atoms with Crippen molar-refractivity contribution in [1.29, 1.82) is 0 Å². The van der Waals surface area contributed by atoms with Crippen LogP contribution in [0.2, 0.25) is 0 Å². The van der Waals surface area contributed by atoms with Crippen LogP contribution in [0.4, 0.5) is 0 Å². The lowest BCUT2D eigenvalue weighted by Crippen LogP contribution is -1.92. The van der Waals surface area contributed by atoms with Gasteiger partial charge in [-0.2, -0.15) is 0 Å². The molecule has 0 aromatic rings. The number of allylic oxidation sites excluding steroid dienone is 3. The second kappa shape index (κ2) is 30.7. The zero-order valence-corrected chi connectivity index (χ0v) is 25.8. The fraction of sp³-hybridized carbons (Fsp3) is 0.889. The fourth-order valence-corrected chi connectivity index (χ4v) is 5.62. The fourth-order valence-electron chi connectivity index (χ4n) is 5.62. The lowest BCUT2D eigenvalue weighted by Gasteiger charge is -2.12. The van der Waals surface area contributed by atoms with E-state index < -0.39 is 0 Å². The smallest absolute Gasteiger partial charge is 0.0142 e. The van der Waals surface area contributed by atoms with Crippen LogP contribution in [0.3, 0.4) is 0 Å². The summed E-state index contributed by atoms with van der Waals surface area (Å²) in [5.41, 5.74) is 3.38. The molecule has 0 spiro atoms. The van der Waals surface area contributed by atoms with Crippen molar-refractivity contribution in [2.45, 2.75) is 207 Å². The summed E-state index contributed by atoms with van der Waals surface area (Å²) in [7, 11) is 0. The van der Waals surface area contributed by atoms with E-state index in [-0.39, 0.29) is 0 Å². The van der Waals surface area contributed by atoms with Crippen molar-refractivity contribution in [1.82, 2.24) is 0 Å². The van der Waals surface area contributed by atoms with Crippen molar-refractivity contribution < 1.29 is 0 Å². The highest BCUT2D eigenvalue weighted by molar-refractivity contribution is 5.14. The van der Waals surface area contributed by atoms with Gasteiger partial charge in [0.1, 0.15) is 0 Å². The van der Waals surface area contributed by atoms with Gasteiger partial charge in [-0.1, -0.05) is 185 Å². The number of unbranched alkanes of at least 4 members (excludes halogenated alkanes) is 24. The van der Waals surface area contributed by atoms with Gasteiger partial charge in [0, 0.05) is 0 Å². The van der Waals surface area contributed by atoms with Crippen molar-refractivity contribution in [2.24, 2.45) is 0 Å². The topological polar surface area (TPSA) is 0 Å². The van der Waals surface area contributed by atoms with Crippen molar-refractivity contribution in [3.8, 4) is 0 Å². The van der Waals surface area contributed by atoms with Crippen LogP contribution in [0.15, 0.2) is 23.8 Å². The molecule has 214 valence electrons. The zero-order chi connectivity index (χ0) is 26.4. The standard InChI is InChI=1S/C36H70/c1-5-8-10-12-14-16-18-19-20-21-22-23-25-27-29-31-34-36(35(4)32-7-3)33-30-28-26-24-17-15-13-11-9-6-2/h7H,3,5-6,8-34H2,1-2,4H3. The SMILES string of the molecule is C=CCC(C)=C(CCCCCCCCCCCC)CCCCCCCCCCCCCCCCCC. The minimum absolute atomic E-state index is 1.09. The Morgan fingerprint density at radius 2 is 0.667 bits per heavy atom. The molecule has 0 nitrogen and oxygen atoms in total. The van der Waals surface area contributed by atoms with Gasteiger partial charge in [-0.3, -0.25) is 0 Å². The molecule has 0 unspecified atom stereocenters. The van der Waals surface area contributed by atoms with E-state index in [1.807, 2.05) is 0 Å². The van der Waals surface area contributed by atoms with Gasteiger partial charge in [-0.25, -0.2) is 0 Å². The Bertz CT molecular complexity index is 457. The van der Waals surface area contributed by atoms with Gasteiger partial charge >= 0.3 is 0 Å². The second-order valence-electron chi connectivity index (χ2n) is 11.9. The van der Waals surface area contributed by atoms with Crippen molar-refractivity contribution in [2.75, 3.05) is 0 Å². The third kappa shape index (κ3) is 26.5. The Balaban J connectivity index is 3.64. The molecule has 0 atom stereocenters.